The molecule has 2 nitrogen and oxygen atoms in total. The fraction of sp³-hybridized carbons (Fsp3) is 0.562. The van der Waals surface area contributed by atoms with Gasteiger partial charge < -0.3 is 4.74 Å². The van der Waals surface area contributed by atoms with E-state index < -0.39 is 5.60 Å². The van der Waals surface area contributed by atoms with Crippen molar-refractivity contribution < 1.29 is 13.9 Å². The average Bonchev–Trinajstić information content (AvgIpc) is 2.32. The summed E-state index contributed by atoms with van der Waals surface area (Å²) in [5, 5.41) is 0.438. The van der Waals surface area contributed by atoms with E-state index in [4.69, 9.17) is 4.74 Å². The number of hydrogen-bond acceptors (Lipinski definition) is 3. The maximum absolute atomic E-state index is 12.9. The third kappa shape index (κ3) is 4.51. The highest BCUT2D eigenvalue weighted by atomic mass is 32.2. The van der Waals surface area contributed by atoms with Crippen LogP contribution in [0.5, 0.6) is 0 Å². The summed E-state index contributed by atoms with van der Waals surface area (Å²) in [6.07, 6.45) is 2.66. The quantitative estimate of drug-likeness (QED) is 0.769. The van der Waals surface area contributed by atoms with Crippen LogP contribution >= 0.6 is 11.8 Å². The molecule has 110 valence electrons. The highest BCUT2D eigenvalue weighted by Gasteiger charge is 2.34. The molecule has 1 aliphatic rings. The Labute approximate surface area is 124 Å². The Balaban J connectivity index is 1.83. The number of carbonyl (C=O) groups is 1. The normalized spacial score (nSPS) is 22.2. The van der Waals surface area contributed by atoms with Crippen LogP contribution < -0.4 is 0 Å². The summed E-state index contributed by atoms with van der Waals surface area (Å²) < 4.78 is 18.2. The first-order chi connectivity index (χ1) is 9.33. The first kappa shape index (κ1) is 15.4. The van der Waals surface area contributed by atoms with Crippen LogP contribution in [0.3, 0.4) is 0 Å². The van der Waals surface area contributed by atoms with Gasteiger partial charge in [-0.25, -0.2) is 4.39 Å². The van der Waals surface area contributed by atoms with Gasteiger partial charge in [0, 0.05) is 16.6 Å². The monoisotopic (exact) mass is 296 g/mol. The van der Waals surface area contributed by atoms with E-state index in [9.17, 15) is 9.18 Å². The molecule has 4 heteroatoms. The smallest absolute Gasteiger partial charge is 0.306 e. The third-order valence-corrected chi connectivity index (χ3v) is 4.77. The molecular formula is C16H21FO2S. The van der Waals surface area contributed by atoms with Gasteiger partial charge in [0.05, 0.1) is 0 Å². The van der Waals surface area contributed by atoms with Gasteiger partial charge in [-0.05, 0) is 63.8 Å². The van der Waals surface area contributed by atoms with Gasteiger partial charge >= 0.3 is 5.97 Å². The van der Waals surface area contributed by atoms with Crippen LogP contribution in [0, 0.1) is 11.7 Å². The van der Waals surface area contributed by atoms with Gasteiger partial charge in [0.1, 0.15) is 11.4 Å². The van der Waals surface area contributed by atoms with E-state index in [-0.39, 0.29) is 11.8 Å². The Morgan fingerprint density at radius 1 is 1.30 bits per heavy atom. The van der Waals surface area contributed by atoms with E-state index in [1.54, 1.807) is 23.9 Å². The highest BCUT2D eigenvalue weighted by molar-refractivity contribution is 8.00. The topological polar surface area (TPSA) is 26.3 Å². The van der Waals surface area contributed by atoms with Crippen molar-refractivity contribution >= 4 is 17.7 Å². The zero-order valence-corrected chi connectivity index (χ0v) is 13.0. The number of benzene rings is 1. The van der Waals surface area contributed by atoms with Crippen molar-refractivity contribution in [2.45, 2.75) is 55.8 Å². The zero-order valence-electron chi connectivity index (χ0n) is 12.2. The van der Waals surface area contributed by atoms with Gasteiger partial charge in [0.25, 0.3) is 0 Å². The van der Waals surface area contributed by atoms with Crippen LogP contribution in [0.15, 0.2) is 29.2 Å². The van der Waals surface area contributed by atoms with E-state index in [1.165, 1.54) is 12.1 Å². The molecular weight excluding hydrogens is 275 g/mol. The number of ether oxygens (including phenoxy) is 1. The fourth-order valence-corrected chi connectivity index (χ4v) is 3.53. The number of esters is 1. The van der Waals surface area contributed by atoms with Crippen LogP contribution in [-0.2, 0) is 9.53 Å². The number of thioether (sulfide) groups is 1. The summed E-state index contributed by atoms with van der Waals surface area (Å²) in [5.41, 5.74) is -0.416. The Bertz CT molecular complexity index is 464. The van der Waals surface area contributed by atoms with Crippen LogP contribution in [0.25, 0.3) is 0 Å². The van der Waals surface area contributed by atoms with Gasteiger partial charge in [0.2, 0.25) is 0 Å². The number of carbonyl (C=O) groups excluding carboxylic acids is 1. The second-order valence-corrected chi connectivity index (χ2v) is 7.55. The lowest BCUT2D eigenvalue weighted by Gasteiger charge is -2.36. The van der Waals surface area contributed by atoms with Gasteiger partial charge in [-0.2, -0.15) is 0 Å². The van der Waals surface area contributed by atoms with Gasteiger partial charge in [-0.1, -0.05) is 0 Å². The molecule has 0 N–H and O–H groups in total. The predicted molar refractivity (Wildman–Crippen MR) is 79.2 cm³/mol. The van der Waals surface area contributed by atoms with Crippen molar-refractivity contribution in [3.05, 3.63) is 30.1 Å². The fourth-order valence-electron chi connectivity index (χ4n) is 2.21. The molecule has 0 spiro atoms. The summed E-state index contributed by atoms with van der Waals surface area (Å²) in [7, 11) is 0. The molecule has 0 heterocycles. The number of rotatable bonds is 4. The third-order valence-electron chi connectivity index (χ3n) is 3.30. The first-order valence-corrected chi connectivity index (χ1v) is 7.85. The van der Waals surface area contributed by atoms with Crippen molar-refractivity contribution in [3.63, 3.8) is 0 Å². The minimum absolute atomic E-state index is 0.119. The van der Waals surface area contributed by atoms with Crippen molar-refractivity contribution in [3.8, 4) is 0 Å². The standard InChI is InChI=1S/C16H21FO2S/c1-16(2,3)19-15(18)10-11-4-9-14(11)20-13-7-5-12(17)6-8-13/h5-8,11,14H,4,9-10H2,1-3H3. The minimum Gasteiger partial charge on any atom is -0.460 e. The Morgan fingerprint density at radius 3 is 2.45 bits per heavy atom. The Morgan fingerprint density at radius 2 is 1.95 bits per heavy atom. The molecule has 2 atom stereocenters. The molecule has 1 fully saturated rings. The molecule has 2 rings (SSSR count). The van der Waals surface area contributed by atoms with E-state index >= 15 is 0 Å². The molecule has 0 aromatic heterocycles. The molecule has 2 unspecified atom stereocenters. The van der Waals surface area contributed by atoms with Crippen molar-refractivity contribution in [1.29, 1.82) is 0 Å². The molecule has 0 bridgehead atoms. The lowest BCUT2D eigenvalue weighted by Crippen LogP contribution is -2.33. The summed E-state index contributed by atoms with van der Waals surface area (Å²) in [4.78, 5) is 12.9. The van der Waals surface area contributed by atoms with E-state index in [0.29, 0.717) is 17.6 Å². The van der Waals surface area contributed by atoms with Crippen molar-refractivity contribution in [1.82, 2.24) is 0 Å². The molecule has 0 radical (unpaired) electrons. The Hall–Kier alpha value is -1.03. The maximum Gasteiger partial charge on any atom is 0.306 e. The molecule has 1 aliphatic carbocycles. The second kappa shape index (κ2) is 6.17. The van der Waals surface area contributed by atoms with E-state index in [2.05, 4.69) is 0 Å². The zero-order chi connectivity index (χ0) is 14.8. The SMILES string of the molecule is CC(C)(C)OC(=O)CC1CCC1Sc1ccc(F)cc1. The average molecular weight is 296 g/mol. The van der Waals surface area contributed by atoms with Crippen LogP contribution in [0.1, 0.15) is 40.0 Å². The van der Waals surface area contributed by atoms with Crippen molar-refractivity contribution in [2.24, 2.45) is 5.92 Å². The van der Waals surface area contributed by atoms with E-state index in [0.717, 1.165) is 17.7 Å². The summed E-state index contributed by atoms with van der Waals surface area (Å²) in [6.45, 7) is 5.66. The summed E-state index contributed by atoms with van der Waals surface area (Å²) in [6, 6.07) is 6.54. The molecule has 0 amide bonds. The van der Waals surface area contributed by atoms with Crippen LogP contribution in [0.4, 0.5) is 4.39 Å². The first-order valence-electron chi connectivity index (χ1n) is 6.97. The maximum atomic E-state index is 12.9. The van der Waals surface area contributed by atoms with Crippen molar-refractivity contribution in [2.75, 3.05) is 0 Å². The molecule has 1 aromatic rings. The van der Waals surface area contributed by atoms with Gasteiger partial charge in [-0.3, -0.25) is 4.79 Å². The largest absolute Gasteiger partial charge is 0.460 e. The lowest BCUT2D eigenvalue weighted by molar-refractivity contribution is -0.156. The van der Waals surface area contributed by atoms with Gasteiger partial charge in [0.15, 0.2) is 0 Å². The summed E-state index contributed by atoms with van der Waals surface area (Å²) in [5.74, 6) is 0.0417. The molecule has 0 aliphatic heterocycles. The highest BCUT2D eigenvalue weighted by Crippen LogP contribution is 2.43. The van der Waals surface area contributed by atoms with Crippen LogP contribution in [-0.4, -0.2) is 16.8 Å². The minimum atomic E-state index is -0.416. The molecule has 1 aromatic carbocycles. The summed E-state index contributed by atoms with van der Waals surface area (Å²) >= 11 is 1.73. The van der Waals surface area contributed by atoms with E-state index in [1.807, 2.05) is 20.8 Å². The van der Waals surface area contributed by atoms with Crippen LogP contribution in [0.2, 0.25) is 0 Å². The molecule has 1 saturated carbocycles. The predicted octanol–water partition coefficient (Wildman–Crippen LogP) is 4.43. The molecule has 20 heavy (non-hydrogen) atoms. The molecule has 0 saturated heterocycles. The Kier molecular flexibility index (Phi) is 4.74. The van der Waals surface area contributed by atoms with Gasteiger partial charge in [-0.15, -0.1) is 11.8 Å². The number of halogens is 1. The second-order valence-electron chi connectivity index (χ2n) is 6.24. The lowest BCUT2D eigenvalue weighted by atomic mass is 9.82. The number of hydrogen-bond donors (Lipinski definition) is 0.